The molecule has 0 spiro atoms. The van der Waals surface area contributed by atoms with Crippen LogP contribution in [0.1, 0.15) is 5.69 Å². The third-order valence-electron chi connectivity index (χ3n) is 4.73. The third kappa shape index (κ3) is 4.04. The van der Waals surface area contributed by atoms with Gasteiger partial charge in [-0.2, -0.15) is 0 Å². The van der Waals surface area contributed by atoms with E-state index in [0.29, 0.717) is 6.61 Å². The zero-order valence-electron chi connectivity index (χ0n) is 15.3. The maximum atomic E-state index is 6.03. The van der Waals surface area contributed by atoms with Crippen LogP contribution in [0.4, 0.5) is 5.82 Å². The molecule has 1 atom stereocenters. The van der Waals surface area contributed by atoms with E-state index in [9.17, 15) is 0 Å². The first-order valence-electron chi connectivity index (χ1n) is 9.10. The number of rotatable bonds is 4. The number of hydrogen-bond donors (Lipinski definition) is 1. The Bertz CT molecular complexity index is 765. The van der Waals surface area contributed by atoms with Crippen molar-refractivity contribution in [1.82, 2.24) is 9.97 Å². The van der Waals surface area contributed by atoms with Crippen LogP contribution in [0.2, 0.25) is 0 Å². The molecule has 26 heavy (non-hydrogen) atoms. The molecule has 1 saturated heterocycles. The summed E-state index contributed by atoms with van der Waals surface area (Å²) in [5.74, 6) is 3.44. The Kier molecular flexibility index (Phi) is 5.17. The minimum absolute atomic E-state index is 0.00898. The Labute approximate surface area is 158 Å². The number of piperazine rings is 1. The lowest BCUT2D eigenvalue weighted by Gasteiger charge is -2.31. The monoisotopic (exact) mass is 373 g/mol. The maximum Gasteiger partial charge on any atom is 0.189 e. The quantitative estimate of drug-likeness (QED) is 0.639. The summed E-state index contributed by atoms with van der Waals surface area (Å²) < 4.78 is 11.8. The second-order valence-electron chi connectivity index (χ2n) is 6.90. The van der Waals surface area contributed by atoms with Gasteiger partial charge in [-0.05, 0) is 19.1 Å². The van der Waals surface area contributed by atoms with Gasteiger partial charge in [0.15, 0.2) is 16.7 Å². The molecule has 0 bridgehead atoms. The standard InChI is InChI=1S/C19H24N4O2S/c1-14-11-18(23-9-7-22(2)8-10-23)21-19(20-14)26-13-15-12-24-16-5-3-4-6-17(16)25-15/h3-6,11,15H,7-10,12-13H2,1-2H3/p+1/t15-/m0/s1. The SMILES string of the molecule is Cc1cc(N2CC[NH+](C)CC2)nc(SC[C@@H]2COc3ccccc3O2)n1. The molecule has 2 aromatic rings. The van der Waals surface area contributed by atoms with Crippen molar-refractivity contribution in [2.75, 3.05) is 50.5 Å². The van der Waals surface area contributed by atoms with Gasteiger partial charge in [0.1, 0.15) is 18.5 Å². The summed E-state index contributed by atoms with van der Waals surface area (Å²) in [4.78, 5) is 13.3. The van der Waals surface area contributed by atoms with Crippen molar-refractivity contribution >= 4 is 17.6 Å². The highest BCUT2D eigenvalue weighted by Gasteiger charge is 2.22. The molecule has 4 rings (SSSR count). The summed E-state index contributed by atoms with van der Waals surface area (Å²) in [7, 11) is 2.24. The van der Waals surface area contributed by atoms with Crippen LogP contribution in [0, 0.1) is 6.92 Å². The first-order chi connectivity index (χ1) is 12.7. The molecule has 0 unspecified atom stereocenters. The zero-order chi connectivity index (χ0) is 17.9. The van der Waals surface area contributed by atoms with Gasteiger partial charge in [0.25, 0.3) is 0 Å². The van der Waals surface area contributed by atoms with Crippen molar-refractivity contribution in [2.45, 2.75) is 18.2 Å². The van der Waals surface area contributed by atoms with Gasteiger partial charge in [-0.25, -0.2) is 9.97 Å². The van der Waals surface area contributed by atoms with Crippen molar-refractivity contribution in [1.29, 1.82) is 0 Å². The minimum atomic E-state index is 0.00898. The number of anilines is 1. The van der Waals surface area contributed by atoms with Crippen molar-refractivity contribution in [3.05, 3.63) is 36.0 Å². The van der Waals surface area contributed by atoms with E-state index in [1.807, 2.05) is 31.2 Å². The summed E-state index contributed by atoms with van der Waals surface area (Å²) in [5, 5.41) is 0.814. The number of benzene rings is 1. The minimum Gasteiger partial charge on any atom is -0.486 e. The Balaban J connectivity index is 1.39. The lowest BCUT2D eigenvalue weighted by molar-refractivity contribution is -0.880. The average Bonchev–Trinajstić information content (AvgIpc) is 2.66. The van der Waals surface area contributed by atoms with Gasteiger partial charge in [-0.15, -0.1) is 0 Å². The van der Waals surface area contributed by atoms with E-state index in [4.69, 9.17) is 14.5 Å². The second-order valence-corrected chi connectivity index (χ2v) is 7.89. The van der Waals surface area contributed by atoms with Gasteiger partial charge >= 0.3 is 0 Å². The Morgan fingerprint density at radius 3 is 2.77 bits per heavy atom. The molecule has 0 aliphatic carbocycles. The van der Waals surface area contributed by atoms with Crippen molar-refractivity contribution in [3.63, 3.8) is 0 Å². The molecular formula is C19H25N4O2S+. The number of aryl methyl sites for hydroxylation is 1. The summed E-state index contributed by atoms with van der Waals surface area (Å²) in [6, 6.07) is 9.89. The van der Waals surface area contributed by atoms with Gasteiger partial charge in [-0.1, -0.05) is 23.9 Å². The molecule has 1 aromatic carbocycles. The molecule has 0 radical (unpaired) electrons. The van der Waals surface area contributed by atoms with Crippen LogP contribution >= 0.6 is 11.8 Å². The van der Waals surface area contributed by atoms with Crippen molar-refractivity contribution in [3.8, 4) is 11.5 Å². The first kappa shape index (κ1) is 17.4. The molecular weight excluding hydrogens is 348 g/mol. The Morgan fingerprint density at radius 1 is 1.19 bits per heavy atom. The van der Waals surface area contributed by atoms with Gasteiger partial charge < -0.3 is 19.3 Å². The normalized spacial score (nSPS) is 20.2. The number of thioether (sulfide) groups is 1. The fraction of sp³-hybridized carbons (Fsp3) is 0.474. The zero-order valence-corrected chi connectivity index (χ0v) is 16.1. The summed E-state index contributed by atoms with van der Waals surface area (Å²) in [5.41, 5.74) is 1.01. The van der Waals surface area contributed by atoms with Crippen LogP contribution in [-0.2, 0) is 0 Å². The molecule has 1 fully saturated rings. The molecule has 6 nitrogen and oxygen atoms in total. The van der Waals surface area contributed by atoms with Crippen molar-refractivity contribution in [2.24, 2.45) is 0 Å². The molecule has 138 valence electrons. The number of nitrogens with one attached hydrogen (secondary N) is 1. The lowest BCUT2D eigenvalue weighted by atomic mass is 10.3. The van der Waals surface area contributed by atoms with Crippen LogP contribution in [0.5, 0.6) is 11.5 Å². The number of ether oxygens (including phenoxy) is 2. The molecule has 2 aliphatic rings. The van der Waals surface area contributed by atoms with Crippen LogP contribution in [0.15, 0.2) is 35.5 Å². The van der Waals surface area contributed by atoms with Gasteiger partial charge in [0, 0.05) is 17.5 Å². The fourth-order valence-corrected chi connectivity index (χ4v) is 4.05. The number of para-hydroxylation sites is 2. The first-order valence-corrected chi connectivity index (χ1v) is 10.1. The predicted molar refractivity (Wildman–Crippen MR) is 103 cm³/mol. The lowest BCUT2D eigenvalue weighted by Crippen LogP contribution is -3.12. The molecule has 0 amide bonds. The smallest absolute Gasteiger partial charge is 0.189 e. The van der Waals surface area contributed by atoms with E-state index in [1.165, 1.54) is 0 Å². The summed E-state index contributed by atoms with van der Waals surface area (Å²) in [6.07, 6.45) is 0.00898. The molecule has 1 aromatic heterocycles. The number of likely N-dealkylation sites (N-methyl/N-ethyl adjacent to an activating group) is 1. The van der Waals surface area contributed by atoms with E-state index in [1.54, 1.807) is 16.7 Å². The Hall–Kier alpha value is -1.99. The summed E-state index contributed by atoms with van der Waals surface area (Å²) >= 11 is 1.64. The summed E-state index contributed by atoms with van der Waals surface area (Å²) in [6.45, 7) is 6.98. The largest absolute Gasteiger partial charge is 0.486 e. The highest BCUT2D eigenvalue weighted by molar-refractivity contribution is 7.99. The number of fused-ring (bicyclic) bond motifs is 1. The van der Waals surface area contributed by atoms with Gasteiger partial charge in [0.2, 0.25) is 0 Å². The van der Waals surface area contributed by atoms with Crippen LogP contribution in [0.3, 0.4) is 0 Å². The van der Waals surface area contributed by atoms with Crippen LogP contribution in [0.25, 0.3) is 0 Å². The maximum absolute atomic E-state index is 6.03. The van der Waals surface area contributed by atoms with E-state index >= 15 is 0 Å². The molecule has 3 heterocycles. The number of nitrogens with zero attached hydrogens (tertiary/aromatic N) is 3. The van der Waals surface area contributed by atoms with E-state index < -0.39 is 0 Å². The Morgan fingerprint density at radius 2 is 1.96 bits per heavy atom. The average molecular weight is 374 g/mol. The van der Waals surface area contributed by atoms with Crippen LogP contribution < -0.4 is 19.3 Å². The van der Waals surface area contributed by atoms with Gasteiger partial charge in [-0.3, -0.25) is 0 Å². The highest BCUT2D eigenvalue weighted by Crippen LogP contribution is 2.32. The molecule has 2 aliphatic heterocycles. The van der Waals surface area contributed by atoms with Gasteiger partial charge in [0.05, 0.1) is 33.2 Å². The fourth-order valence-electron chi connectivity index (χ4n) is 3.18. The molecule has 7 heteroatoms. The number of hydrogen-bond acceptors (Lipinski definition) is 6. The molecule has 1 N–H and O–H groups in total. The van der Waals surface area contributed by atoms with E-state index in [0.717, 1.165) is 60.1 Å². The topological polar surface area (TPSA) is 51.9 Å². The number of quaternary nitrogens is 1. The predicted octanol–water partition coefficient (Wildman–Crippen LogP) is 1.05. The molecule has 0 saturated carbocycles. The number of aromatic nitrogens is 2. The van der Waals surface area contributed by atoms with E-state index in [-0.39, 0.29) is 6.10 Å². The third-order valence-corrected chi connectivity index (χ3v) is 5.71. The van der Waals surface area contributed by atoms with E-state index in [2.05, 4.69) is 23.0 Å². The second kappa shape index (κ2) is 7.72. The van der Waals surface area contributed by atoms with Crippen molar-refractivity contribution < 1.29 is 14.4 Å². The highest BCUT2D eigenvalue weighted by atomic mass is 32.2. The van der Waals surface area contributed by atoms with Crippen LogP contribution in [-0.4, -0.2) is 61.7 Å².